The van der Waals surface area contributed by atoms with Crippen molar-refractivity contribution in [1.82, 2.24) is 10.6 Å². The highest BCUT2D eigenvalue weighted by Crippen LogP contribution is 2.26. The van der Waals surface area contributed by atoms with Crippen molar-refractivity contribution in [2.75, 3.05) is 6.54 Å². The number of hydrogen-bond donors (Lipinski definition) is 4. The molecule has 0 radical (unpaired) electrons. The van der Waals surface area contributed by atoms with E-state index in [4.69, 9.17) is 5.11 Å². The molecule has 1 saturated carbocycles. The SMILES string of the molecule is O=C(O)C[C@@H](NC(=O)/C=C/CC1CCCCC1)C(=O)NCCc1ccc(O)cc1. The topological polar surface area (TPSA) is 116 Å². The Hall–Kier alpha value is -2.83. The Labute approximate surface area is 171 Å². The van der Waals surface area contributed by atoms with E-state index in [0.717, 1.165) is 12.0 Å². The number of allylic oxidation sites excluding steroid dienone is 1. The molecule has 0 saturated heterocycles. The molecule has 7 nitrogen and oxygen atoms in total. The first-order valence-electron chi connectivity index (χ1n) is 10.2. The number of aliphatic carboxylic acids is 1. The first-order chi connectivity index (χ1) is 13.9. The summed E-state index contributed by atoms with van der Waals surface area (Å²) < 4.78 is 0. The van der Waals surface area contributed by atoms with Gasteiger partial charge in [0, 0.05) is 6.54 Å². The second-order valence-corrected chi connectivity index (χ2v) is 7.51. The average molecular weight is 402 g/mol. The number of rotatable bonds is 10. The van der Waals surface area contributed by atoms with E-state index in [1.54, 1.807) is 24.3 Å². The van der Waals surface area contributed by atoms with Crippen molar-refractivity contribution in [3.63, 3.8) is 0 Å². The molecule has 2 amide bonds. The summed E-state index contributed by atoms with van der Waals surface area (Å²) in [5, 5.41) is 23.5. The van der Waals surface area contributed by atoms with Gasteiger partial charge < -0.3 is 20.8 Å². The number of aromatic hydroxyl groups is 1. The lowest BCUT2D eigenvalue weighted by atomic mass is 9.87. The molecule has 1 aromatic rings. The molecule has 0 aromatic heterocycles. The van der Waals surface area contributed by atoms with Crippen LogP contribution in [0.25, 0.3) is 0 Å². The third-order valence-electron chi connectivity index (χ3n) is 5.12. The van der Waals surface area contributed by atoms with Crippen LogP contribution in [0.1, 0.15) is 50.5 Å². The van der Waals surface area contributed by atoms with E-state index in [1.165, 1.54) is 38.2 Å². The highest BCUT2D eigenvalue weighted by molar-refractivity contribution is 5.94. The molecule has 0 bridgehead atoms. The summed E-state index contributed by atoms with van der Waals surface area (Å²) in [5.74, 6) is -1.37. The molecule has 7 heteroatoms. The monoisotopic (exact) mass is 402 g/mol. The number of carbonyl (C=O) groups is 3. The number of phenols is 1. The Morgan fingerprint density at radius 2 is 1.79 bits per heavy atom. The maximum atomic E-state index is 12.3. The van der Waals surface area contributed by atoms with Crippen molar-refractivity contribution in [2.24, 2.45) is 5.92 Å². The number of nitrogens with one attached hydrogen (secondary N) is 2. The van der Waals surface area contributed by atoms with Crippen LogP contribution in [0.2, 0.25) is 0 Å². The third kappa shape index (κ3) is 8.81. The van der Waals surface area contributed by atoms with Crippen molar-refractivity contribution < 1.29 is 24.6 Å². The smallest absolute Gasteiger partial charge is 0.305 e. The van der Waals surface area contributed by atoms with Crippen LogP contribution >= 0.6 is 0 Å². The molecule has 0 heterocycles. The molecule has 4 N–H and O–H groups in total. The van der Waals surface area contributed by atoms with E-state index in [0.29, 0.717) is 18.9 Å². The highest BCUT2D eigenvalue weighted by atomic mass is 16.4. The van der Waals surface area contributed by atoms with E-state index in [-0.39, 0.29) is 5.75 Å². The molecule has 0 aliphatic heterocycles. The van der Waals surface area contributed by atoms with Crippen LogP contribution in [-0.4, -0.2) is 40.6 Å². The number of carboxylic acids is 1. The lowest BCUT2D eigenvalue weighted by molar-refractivity contribution is -0.140. The van der Waals surface area contributed by atoms with E-state index < -0.39 is 30.2 Å². The first kappa shape index (κ1) is 22.5. The van der Waals surface area contributed by atoms with Gasteiger partial charge in [0.2, 0.25) is 11.8 Å². The zero-order valence-electron chi connectivity index (χ0n) is 16.6. The van der Waals surface area contributed by atoms with Crippen LogP contribution in [0.15, 0.2) is 36.4 Å². The number of carbonyl (C=O) groups excluding carboxylic acids is 2. The fraction of sp³-hybridized carbons (Fsp3) is 0.500. The van der Waals surface area contributed by atoms with Crippen LogP contribution in [0.3, 0.4) is 0 Å². The maximum absolute atomic E-state index is 12.3. The van der Waals surface area contributed by atoms with E-state index in [2.05, 4.69) is 10.6 Å². The van der Waals surface area contributed by atoms with Gasteiger partial charge in [-0.1, -0.05) is 50.3 Å². The van der Waals surface area contributed by atoms with Gasteiger partial charge in [-0.3, -0.25) is 14.4 Å². The third-order valence-corrected chi connectivity index (χ3v) is 5.12. The summed E-state index contributed by atoms with van der Waals surface area (Å²) in [5.41, 5.74) is 0.924. The molecule has 158 valence electrons. The van der Waals surface area contributed by atoms with Crippen molar-refractivity contribution in [1.29, 1.82) is 0 Å². The van der Waals surface area contributed by atoms with E-state index in [1.807, 2.05) is 6.08 Å². The second kappa shape index (κ2) is 11.9. The molecule has 1 aliphatic rings. The first-order valence-corrected chi connectivity index (χ1v) is 10.2. The molecule has 1 atom stereocenters. The van der Waals surface area contributed by atoms with Crippen molar-refractivity contribution in [3.05, 3.63) is 42.0 Å². The Morgan fingerprint density at radius 3 is 2.45 bits per heavy atom. The van der Waals surface area contributed by atoms with E-state index >= 15 is 0 Å². The number of amides is 2. The van der Waals surface area contributed by atoms with Gasteiger partial charge in [0.05, 0.1) is 6.42 Å². The van der Waals surface area contributed by atoms with E-state index in [9.17, 15) is 19.5 Å². The fourth-order valence-electron chi connectivity index (χ4n) is 3.51. The molecule has 29 heavy (non-hydrogen) atoms. The zero-order chi connectivity index (χ0) is 21.1. The molecule has 1 aromatic carbocycles. The summed E-state index contributed by atoms with van der Waals surface area (Å²) in [6, 6.07) is 5.48. The standard InChI is InChI=1S/C22H30N2O5/c25-18-11-9-17(10-12-18)13-14-23-22(29)19(15-21(27)28)24-20(26)8-4-7-16-5-2-1-3-6-16/h4,8-12,16,19,25H,1-3,5-7,13-15H2,(H,23,29)(H,24,26)(H,27,28)/b8-4+/t19-/m1/s1. The van der Waals surface area contributed by atoms with Gasteiger partial charge in [-0.2, -0.15) is 0 Å². The summed E-state index contributed by atoms with van der Waals surface area (Å²) in [6.45, 7) is 0.299. The minimum absolute atomic E-state index is 0.165. The summed E-state index contributed by atoms with van der Waals surface area (Å²) in [6.07, 6.45) is 10.2. The van der Waals surface area contributed by atoms with Gasteiger partial charge >= 0.3 is 5.97 Å². The van der Waals surface area contributed by atoms with Crippen molar-refractivity contribution >= 4 is 17.8 Å². The molecule has 0 unspecified atom stereocenters. The number of benzene rings is 1. The average Bonchev–Trinajstić information content (AvgIpc) is 2.69. The minimum atomic E-state index is -1.16. The molecule has 2 rings (SSSR count). The van der Waals surface area contributed by atoms with Crippen LogP contribution in [0, 0.1) is 5.92 Å². The summed E-state index contributed by atoms with van der Waals surface area (Å²) in [4.78, 5) is 35.5. The van der Waals surface area contributed by atoms with Gasteiger partial charge in [0.25, 0.3) is 0 Å². The molecular weight excluding hydrogens is 372 g/mol. The molecule has 0 spiro atoms. The lowest BCUT2D eigenvalue weighted by Crippen LogP contribution is -2.47. The van der Waals surface area contributed by atoms with Gasteiger partial charge in [-0.05, 0) is 42.5 Å². The minimum Gasteiger partial charge on any atom is -0.508 e. The predicted octanol–water partition coefficient (Wildman–Crippen LogP) is 2.54. The maximum Gasteiger partial charge on any atom is 0.305 e. The van der Waals surface area contributed by atoms with Gasteiger partial charge in [-0.25, -0.2) is 0 Å². The Morgan fingerprint density at radius 1 is 1.10 bits per heavy atom. The number of phenolic OH excluding ortho intramolecular Hbond substituents is 1. The van der Waals surface area contributed by atoms with Gasteiger partial charge in [0.15, 0.2) is 0 Å². The zero-order valence-corrected chi connectivity index (χ0v) is 16.6. The van der Waals surface area contributed by atoms with Crippen LogP contribution in [0.4, 0.5) is 0 Å². The summed E-state index contributed by atoms with van der Waals surface area (Å²) in [7, 11) is 0. The predicted molar refractivity (Wildman–Crippen MR) is 109 cm³/mol. The molecule has 1 fully saturated rings. The Bertz CT molecular complexity index is 708. The number of carboxylic acid groups (broad SMARTS) is 1. The molecular formula is C22H30N2O5. The van der Waals surface area contributed by atoms with Gasteiger partial charge in [-0.15, -0.1) is 0 Å². The van der Waals surface area contributed by atoms with Gasteiger partial charge in [0.1, 0.15) is 11.8 Å². The highest BCUT2D eigenvalue weighted by Gasteiger charge is 2.22. The number of hydrogen-bond acceptors (Lipinski definition) is 4. The summed E-state index contributed by atoms with van der Waals surface area (Å²) >= 11 is 0. The van der Waals surface area contributed by atoms with Crippen molar-refractivity contribution in [3.8, 4) is 5.75 Å². The largest absolute Gasteiger partial charge is 0.508 e. The molecule has 1 aliphatic carbocycles. The lowest BCUT2D eigenvalue weighted by Gasteiger charge is -2.19. The normalized spacial score (nSPS) is 15.7. The van der Waals surface area contributed by atoms with Crippen LogP contribution in [0.5, 0.6) is 5.75 Å². The Kier molecular flexibility index (Phi) is 9.21. The van der Waals surface area contributed by atoms with Crippen molar-refractivity contribution in [2.45, 2.75) is 57.4 Å². The Balaban J connectivity index is 1.79. The van der Waals surface area contributed by atoms with Crippen LogP contribution < -0.4 is 10.6 Å². The fourth-order valence-corrected chi connectivity index (χ4v) is 3.51. The quantitative estimate of drug-likeness (QED) is 0.449. The second-order valence-electron chi connectivity index (χ2n) is 7.51. The van der Waals surface area contributed by atoms with Crippen LogP contribution in [-0.2, 0) is 20.8 Å².